The summed E-state index contributed by atoms with van der Waals surface area (Å²) in [6, 6.07) is 4.39. The lowest BCUT2D eigenvalue weighted by Crippen LogP contribution is -2.13. The molecule has 2 rings (SSSR count). The number of anilines is 2. The number of aryl methyl sites for hydroxylation is 2. The van der Waals surface area contributed by atoms with Gasteiger partial charge in [0.05, 0.1) is 22.8 Å². The van der Waals surface area contributed by atoms with Crippen molar-refractivity contribution in [2.24, 2.45) is 7.05 Å². The topological polar surface area (TPSA) is 93.2 Å². The molecule has 0 aliphatic carbocycles. The van der Waals surface area contributed by atoms with Gasteiger partial charge in [-0.25, -0.2) is 0 Å². The molecular weight excluding hydrogens is 244 g/mol. The van der Waals surface area contributed by atoms with Crippen molar-refractivity contribution in [2.45, 2.75) is 13.8 Å². The van der Waals surface area contributed by atoms with Gasteiger partial charge in [0.15, 0.2) is 0 Å². The maximum Gasteiger partial charge on any atom is 0.255 e. The van der Waals surface area contributed by atoms with E-state index in [4.69, 9.17) is 5.73 Å². The van der Waals surface area contributed by atoms with E-state index >= 15 is 0 Å². The van der Waals surface area contributed by atoms with E-state index in [1.165, 1.54) is 12.1 Å². The van der Waals surface area contributed by atoms with Gasteiger partial charge in [-0.05, 0) is 32.0 Å². The van der Waals surface area contributed by atoms with E-state index in [1.807, 2.05) is 20.9 Å². The molecule has 6 heteroatoms. The van der Waals surface area contributed by atoms with Crippen LogP contribution in [0.2, 0.25) is 0 Å². The number of carbonyl (C=O) groups is 1. The molecule has 0 unspecified atom stereocenters. The highest BCUT2D eigenvalue weighted by atomic mass is 16.3. The molecule has 0 saturated carbocycles. The van der Waals surface area contributed by atoms with Crippen molar-refractivity contribution in [3.8, 4) is 5.75 Å². The van der Waals surface area contributed by atoms with Crippen LogP contribution in [0.5, 0.6) is 5.75 Å². The molecular formula is C13H16N4O2. The summed E-state index contributed by atoms with van der Waals surface area (Å²) >= 11 is 0. The highest BCUT2D eigenvalue weighted by Gasteiger charge is 2.14. The molecule has 1 aromatic heterocycles. The first-order valence-electron chi connectivity index (χ1n) is 5.80. The fraction of sp³-hybridized carbons (Fsp3) is 0.231. The quantitative estimate of drug-likeness (QED) is 0.564. The second kappa shape index (κ2) is 4.64. The molecule has 6 nitrogen and oxygen atoms in total. The second-order valence-corrected chi connectivity index (χ2v) is 4.40. The zero-order valence-electron chi connectivity index (χ0n) is 11.1. The minimum Gasteiger partial charge on any atom is -0.506 e. The van der Waals surface area contributed by atoms with Crippen LogP contribution >= 0.6 is 0 Å². The molecule has 4 N–H and O–H groups in total. The van der Waals surface area contributed by atoms with Crippen LogP contribution < -0.4 is 11.1 Å². The number of nitrogens with zero attached hydrogens (tertiary/aromatic N) is 2. The number of aromatic hydroxyl groups is 1. The van der Waals surface area contributed by atoms with Gasteiger partial charge in [0.2, 0.25) is 0 Å². The first kappa shape index (κ1) is 12.9. The Morgan fingerprint density at radius 3 is 2.63 bits per heavy atom. The zero-order valence-corrected chi connectivity index (χ0v) is 11.1. The first-order valence-corrected chi connectivity index (χ1v) is 5.80. The summed E-state index contributed by atoms with van der Waals surface area (Å²) in [5.41, 5.74) is 8.37. The lowest BCUT2D eigenvalue weighted by molar-refractivity contribution is 0.102. The van der Waals surface area contributed by atoms with E-state index in [-0.39, 0.29) is 17.3 Å². The van der Waals surface area contributed by atoms with Gasteiger partial charge < -0.3 is 16.2 Å². The third-order valence-corrected chi connectivity index (χ3v) is 3.04. The number of aromatic nitrogens is 2. The van der Waals surface area contributed by atoms with Gasteiger partial charge in [-0.15, -0.1) is 0 Å². The Kier molecular flexibility index (Phi) is 3.16. The van der Waals surface area contributed by atoms with E-state index in [2.05, 4.69) is 10.4 Å². The maximum atomic E-state index is 12.1. The number of phenols is 1. The largest absolute Gasteiger partial charge is 0.506 e. The Morgan fingerprint density at radius 1 is 1.42 bits per heavy atom. The predicted molar refractivity (Wildman–Crippen MR) is 73.2 cm³/mol. The van der Waals surface area contributed by atoms with Crippen LogP contribution in [0.4, 0.5) is 11.4 Å². The summed E-state index contributed by atoms with van der Waals surface area (Å²) in [4.78, 5) is 12.1. The van der Waals surface area contributed by atoms with Gasteiger partial charge in [-0.3, -0.25) is 9.48 Å². The number of nitrogens with one attached hydrogen (secondary N) is 1. The maximum absolute atomic E-state index is 12.1. The number of carbonyl (C=O) groups excluding carboxylic acids is 1. The third kappa shape index (κ3) is 2.37. The summed E-state index contributed by atoms with van der Waals surface area (Å²) < 4.78 is 1.70. The van der Waals surface area contributed by atoms with Crippen LogP contribution in [0.15, 0.2) is 18.2 Å². The minimum atomic E-state index is -0.311. The standard InChI is InChI=1S/C13H16N4O2/c1-7-12(8(2)17(3)16-7)15-13(19)9-4-5-10(14)11(18)6-9/h4-6,18H,14H2,1-3H3,(H,15,19). The van der Waals surface area contributed by atoms with E-state index in [0.717, 1.165) is 11.4 Å². The van der Waals surface area contributed by atoms with Crippen molar-refractivity contribution >= 4 is 17.3 Å². The average Bonchev–Trinajstić information content (AvgIpc) is 2.59. The molecule has 0 aliphatic heterocycles. The predicted octanol–water partition coefficient (Wildman–Crippen LogP) is 1.58. The number of nitrogen functional groups attached to an aromatic ring is 1. The molecule has 1 aromatic carbocycles. The Morgan fingerprint density at radius 2 is 2.11 bits per heavy atom. The molecule has 0 fully saturated rings. The van der Waals surface area contributed by atoms with Gasteiger partial charge in [-0.2, -0.15) is 5.10 Å². The van der Waals surface area contributed by atoms with Crippen LogP contribution in [0, 0.1) is 13.8 Å². The molecule has 0 bridgehead atoms. The second-order valence-electron chi connectivity index (χ2n) is 4.40. The molecule has 1 heterocycles. The summed E-state index contributed by atoms with van der Waals surface area (Å²) in [6.45, 7) is 3.69. The minimum absolute atomic E-state index is 0.104. The van der Waals surface area contributed by atoms with Crippen molar-refractivity contribution in [1.29, 1.82) is 0 Å². The molecule has 0 aliphatic rings. The number of amides is 1. The third-order valence-electron chi connectivity index (χ3n) is 3.04. The molecule has 2 aromatic rings. The monoisotopic (exact) mass is 260 g/mol. The van der Waals surface area contributed by atoms with E-state index in [9.17, 15) is 9.90 Å². The summed E-state index contributed by atoms with van der Waals surface area (Å²) in [5, 5.41) is 16.5. The molecule has 0 spiro atoms. The van der Waals surface area contributed by atoms with Crippen molar-refractivity contribution in [2.75, 3.05) is 11.1 Å². The SMILES string of the molecule is Cc1nn(C)c(C)c1NC(=O)c1ccc(N)c(O)c1. The lowest BCUT2D eigenvalue weighted by atomic mass is 10.1. The fourth-order valence-electron chi connectivity index (χ4n) is 1.83. The highest BCUT2D eigenvalue weighted by Crippen LogP contribution is 2.23. The highest BCUT2D eigenvalue weighted by molar-refractivity contribution is 6.05. The summed E-state index contributed by atoms with van der Waals surface area (Å²) in [6.07, 6.45) is 0. The number of hydrogen-bond donors (Lipinski definition) is 3. The van der Waals surface area contributed by atoms with Gasteiger partial charge in [0.1, 0.15) is 5.75 Å². The van der Waals surface area contributed by atoms with E-state index in [1.54, 1.807) is 10.7 Å². The van der Waals surface area contributed by atoms with E-state index in [0.29, 0.717) is 11.3 Å². The number of hydrogen-bond acceptors (Lipinski definition) is 4. The van der Waals surface area contributed by atoms with Crippen LogP contribution in [-0.4, -0.2) is 20.8 Å². The summed E-state index contributed by atoms with van der Waals surface area (Å²) in [7, 11) is 1.81. The Bertz CT molecular complexity index is 646. The Labute approximate surface area is 110 Å². The zero-order chi connectivity index (χ0) is 14.2. The Balaban J connectivity index is 2.28. The molecule has 0 atom stereocenters. The van der Waals surface area contributed by atoms with Crippen molar-refractivity contribution in [3.05, 3.63) is 35.2 Å². The summed E-state index contributed by atoms with van der Waals surface area (Å²) in [5.74, 6) is -0.415. The number of benzene rings is 1. The number of phenolic OH excluding ortho intramolecular Hbond substituents is 1. The molecule has 0 saturated heterocycles. The average molecular weight is 260 g/mol. The van der Waals surface area contributed by atoms with Crippen LogP contribution in [-0.2, 0) is 7.05 Å². The molecule has 100 valence electrons. The fourth-order valence-corrected chi connectivity index (χ4v) is 1.83. The first-order chi connectivity index (χ1) is 8.90. The lowest BCUT2D eigenvalue weighted by Gasteiger charge is -2.07. The van der Waals surface area contributed by atoms with Crippen LogP contribution in [0.3, 0.4) is 0 Å². The van der Waals surface area contributed by atoms with Gasteiger partial charge in [-0.1, -0.05) is 0 Å². The molecule has 0 radical (unpaired) electrons. The Hall–Kier alpha value is -2.50. The number of nitrogens with two attached hydrogens (primary N) is 1. The molecule has 1 amide bonds. The van der Waals surface area contributed by atoms with E-state index < -0.39 is 0 Å². The van der Waals surface area contributed by atoms with Gasteiger partial charge in [0.25, 0.3) is 5.91 Å². The van der Waals surface area contributed by atoms with Gasteiger partial charge >= 0.3 is 0 Å². The van der Waals surface area contributed by atoms with Crippen molar-refractivity contribution in [3.63, 3.8) is 0 Å². The normalized spacial score (nSPS) is 10.5. The number of rotatable bonds is 2. The smallest absolute Gasteiger partial charge is 0.255 e. The van der Waals surface area contributed by atoms with Crippen molar-refractivity contribution < 1.29 is 9.90 Å². The van der Waals surface area contributed by atoms with Crippen LogP contribution in [0.25, 0.3) is 0 Å². The van der Waals surface area contributed by atoms with Crippen LogP contribution in [0.1, 0.15) is 21.7 Å². The molecule has 19 heavy (non-hydrogen) atoms. The van der Waals surface area contributed by atoms with Gasteiger partial charge in [0, 0.05) is 12.6 Å². The van der Waals surface area contributed by atoms with Crippen molar-refractivity contribution in [1.82, 2.24) is 9.78 Å².